The van der Waals surface area contributed by atoms with Crippen molar-refractivity contribution in [3.05, 3.63) is 40.3 Å². The van der Waals surface area contributed by atoms with Crippen molar-refractivity contribution in [1.82, 2.24) is 15.6 Å². The summed E-state index contributed by atoms with van der Waals surface area (Å²) in [5, 5.41) is 7.17. The first-order chi connectivity index (χ1) is 11.1. The highest BCUT2D eigenvalue weighted by molar-refractivity contribution is 6.36. The predicted octanol–water partition coefficient (Wildman–Crippen LogP) is 2.92. The Bertz CT molecular complexity index is 698. The van der Waals surface area contributed by atoms with Crippen LogP contribution in [-0.2, 0) is 11.2 Å². The lowest BCUT2D eigenvalue weighted by molar-refractivity contribution is -0.121. The van der Waals surface area contributed by atoms with Gasteiger partial charge in [-0.3, -0.25) is 4.79 Å². The minimum Gasteiger partial charge on any atom is -0.441 e. The second-order valence-electron chi connectivity index (χ2n) is 5.57. The van der Waals surface area contributed by atoms with Crippen LogP contribution in [0.25, 0.3) is 11.3 Å². The van der Waals surface area contributed by atoms with E-state index in [9.17, 15) is 4.79 Å². The van der Waals surface area contributed by atoms with Crippen LogP contribution in [0.2, 0.25) is 10.0 Å². The standard InChI is InChI=1S/C16H17Cl2N3O2/c17-11-1-2-12(13(18)5-11)14-9-21-16(23-14)4-3-15(22)20-8-10-6-19-7-10/h1-2,5,9-10,19H,3-4,6-8H2,(H,20,22). The van der Waals surface area contributed by atoms with Gasteiger partial charge < -0.3 is 15.1 Å². The van der Waals surface area contributed by atoms with Crippen LogP contribution in [0.5, 0.6) is 0 Å². The number of carbonyl (C=O) groups is 1. The molecule has 1 aliphatic rings. The maximum Gasteiger partial charge on any atom is 0.220 e. The van der Waals surface area contributed by atoms with Crippen LogP contribution in [0.3, 0.4) is 0 Å². The summed E-state index contributed by atoms with van der Waals surface area (Å²) >= 11 is 12.0. The van der Waals surface area contributed by atoms with Crippen LogP contribution in [0.4, 0.5) is 0 Å². The van der Waals surface area contributed by atoms with E-state index in [2.05, 4.69) is 15.6 Å². The van der Waals surface area contributed by atoms with Gasteiger partial charge in [-0.05, 0) is 18.2 Å². The molecule has 2 N–H and O–H groups in total. The number of benzene rings is 1. The third-order valence-electron chi connectivity index (χ3n) is 3.77. The van der Waals surface area contributed by atoms with Gasteiger partial charge in [0.15, 0.2) is 11.7 Å². The molecule has 0 saturated carbocycles. The number of carbonyl (C=O) groups excluding carboxylic acids is 1. The normalized spacial score (nSPS) is 14.5. The molecule has 1 aromatic carbocycles. The van der Waals surface area contributed by atoms with Gasteiger partial charge in [0, 0.05) is 49.0 Å². The zero-order valence-electron chi connectivity index (χ0n) is 12.4. The van der Waals surface area contributed by atoms with Gasteiger partial charge in [0.1, 0.15) is 0 Å². The van der Waals surface area contributed by atoms with E-state index in [1.165, 1.54) is 0 Å². The molecule has 1 saturated heterocycles. The Balaban J connectivity index is 1.53. The Morgan fingerprint density at radius 2 is 2.22 bits per heavy atom. The lowest BCUT2D eigenvalue weighted by Crippen LogP contribution is -2.48. The average molecular weight is 354 g/mol. The van der Waals surface area contributed by atoms with Crippen molar-refractivity contribution in [2.75, 3.05) is 19.6 Å². The van der Waals surface area contributed by atoms with E-state index in [1.54, 1.807) is 24.4 Å². The zero-order valence-corrected chi connectivity index (χ0v) is 14.0. The molecule has 5 nitrogen and oxygen atoms in total. The number of hydrogen-bond acceptors (Lipinski definition) is 4. The lowest BCUT2D eigenvalue weighted by atomic mass is 10.0. The van der Waals surface area contributed by atoms with Crippen LogP contribution in [0, 0.1) is 5.92 Å². The van der Waals surface area contributed by atoms with Crippen molar-refractivity contribution in [2.45, 2.75) is 12.8 Å². The maximum atomic E-state index is 11.8. The zero-order chi connectivity index (χ0) is 16.2. The van der Waals surface area contributed by atoms with E-state index < -0.39 is 0 Å². The number of nitrogens with zero attached hydrogens (tertiary/aromatic N) is 1. The largest absolute Gasteiger partial charge is 0.441 e. The number of halogens is 2. The number of amides is 1. The smallest absolute Gasteiger partial charge is 0.220 e. The van der Waals surface area contributed by atoms with Crippen LogP contribution in [0.15, 0.2) is 28.8 Å². The van der Waals surface area contributed by atoms with E-state index in [-0.39, 0.29) is 5.91 Å². The number of hydrogen-bond donors (Lipinski definition) is 2. The first-order valence-corrected chi connectivity index (χ1v) is 8.25. The predicted molar refractivity (Wildman–Crippen MR) is 89.6 cm³/mol. The fraction of sp³-hybridized carbons (Fsp3) is 0.375. The molecule has 0 aliphatic carbocycles. The molecular formula is C16H17Cl2N3O2. The number of aryl methyl sites for hydroxylation is 1. The van der Waals surface area contributed by atoms with Gasteiger partial charge in [0.2, 0.25) is 5.91 Å². The molecule has 122 valence electrons. The van der Waals surface area contributed by atoms with Crippen molar-refractivity contribution in [1.29, 1.82) is 0 Å². The molecule has 23 heavy (non-hydrogen) atoms. The minimum absolute atomic E-state index is 0.0150. The van der Waals surface area contributed by atoms with Gasteiger partial charge in [-0.15, -0.1) is 0 Å². The third kappa shape index (κ3) is 4.25. The highest BCUT2D eigenvalue weighted by Crippen LogP contribution is 2.30. The molecule has 2 heterocycles. The summed E-state index contributed by atoms with van der Waals surface area (Å²) in [6, 6.07) is 5.19. The second-order valence-corrected chi connectivity index (χ2v) is 6.41. The molecule has 1 aliphatic heterocycles. The quantitative estimate of drug-likeness (QED) is 0.837. The highest BCUT2D eigenvalue weighted by atomic mass is 35.5. The van der Waals surface area contributed by atoms with Gasteiger partial charge in [-0.1, -0.05) is 23.2 Å². The summed E-state index contributed by atoms with van der Waals surface area (Å²) < 4.78 is 5.67. The fourth-order valence-corrected chi connectivity index (χ4v) is 2.80. The van der Waals surface area contributed by atoms with Crippen molar-refractivity contribution in [2.24, 2.45) is 5.92 Å². The van der Waals surface area contributed by atoms with Gasteiger partial charge in [0.05, 0.1) is 11.2 Å². The monoisotopic (exact) mass is 353 g/mol. The van der Waals surface area contributed by atoms with E-state index in [0.717, 1.165) is 25.2 Å². The molecule has 2 aromatic rings. The molecule has 0 unspecified atom stereocenters. The molecule has 3 rings (SSSR count). The van der Waals surface area contributed by atoms with Crippen molar-refractivity contribution in [3.8, 4) is 11.3 Å². The van der Waals surface area contributed by atoms with Crippen LogP contribution in [0.1, 0.15) is 12.3 Å². The lowest BCUT2D eigenvalue weighted by Gasteiger charge is -2.27. The SMILES string of the molecule is O=C(CCc1ncc(-c2ccc(Cl)cc2Cl)o1)NCC1CNC1. The number of nitrogens with one attached hydrogen (secondary N) is 2. The van der Waals surface area contributed by atoms with Gasteiger partial charge >= 0.3 is 0 Å². The van der Waals surface area contributed by atoms with E-state index in [0.29, 0.717) is 40.5 Å². The Morgan fingerprint density at radius 3 is 2.91 bits per heavy atom. The second kappa shape index (κ2) is 7.34. The summed E-state index contributed by atoms with van der Waals surface area (Å²) in [5.41, 5.74) is 0.733. The Morgan fingerprint density at radius 1 is 1.39 bits per heavy atom. The van der Waals surface area contributed by atoms with E-state index >= 15 is 0 Å². The Hall–Kier alpha value is -1.56. The Labute approximate surface area is 144 Å². The van der Waals surface area contributed by atoms with Crippen LogP contribution >= 0.6 is 23.2 Å². The van der Waals surface area contributed by atoms with Gasteiger partial charge in [-0.2, -0.15) is 0 Å². The van der Waals surface area contributed by atoms with Crippen LogP contribution < -0.4 is 10.6 Å². The first kappa shape index (κ1) is 16.3. The summed E-state index contributed by atoms with van der Waals surface area (Å²) in [6.07, 6.45) is 2.43. The summed E-state index contributed by atoms with van der Waals surface area (Å²) in [7, 11) is 0. The van der Waals surface area contributed by atoms with Crippen molar-refractivity contribution in [3.63, 3.8) is 0 Å². The van der Waals surface area contributed by atoms with Crippen molar-refractivity contribution >= 4 is 29.1 Å². The highest BCUT2D eigenvalue weighted by Gasteiger charge is 2.17. The van der Waals surface area contributed by atoms with Crippen LogP contribution in [-0.4, -0.2) is 30.5 Å². The molecule has 1 aromatic heterocycles. The maximum absolute atomic E-state index is 11.8. The molecule has 0 radical (unpaired) electrons. The molecular weight excluding hydrogens is 337 g/mol. The molecule has 1 fully saturated rings. The first-order valence-electron chi connectivity index (χ1n) is 7.49. The average Bonchev–Trinajstić information content (AvgIpc) is 2.92. The number of oxazole rings is 1. The molecule has 0 atom stereocenters. The van der Waals surface area contributed by atoms with E-state index in [1.807, 2.05) is 0 Å². The molecule has 0 bridgehead atoms. The summed E-state index contributed by atoms with van der Waals surface area (Å²) in [4.78, 5) is 16.0. The Kier molecular flexibility index (Phi) is 5.20. The third-order valence-corrected chi connectivity index (χ3v) is 4.32. The molecule has 0 spiro atoms. The minimum atomic E-state index is 0.0150. The van der Waals surface area contributed by atoms with E-state index in [4.69, 9.17) is 27.6 Å². The topological polar surface area (TPSA) is 67.2 Å². The fourth-order valence-electron chi connectivity index (χ4n) is 2.30. The van der Waals surface area contributed by atoms with Gasteiger partial charge in [0.25, 0.3) is 0 Å². The number of rotatable bonds is 6. The van der Waals surface area contributed by atoms with Crippen molar-refractivity contribution < 1.29 is 9.21 Å². The van der Waals surface area contributed by atoms with Gasteiger partial charge in [-0.25, -0.2) is 4.98 Å². The number of aromatic nitrogens is 1. The molecule has 7 heteroatoms. The summed E-state index contributed by atoms with van der Waals surface area (Å²) in [5.74, 6) is 1.66. The summed E-state index contributed by atoms with van der Waals surface area (Å²) in [6.45, 7) is 2.68. The molecule has 1 amide bonds.